The monoisotopic (exact) mass is 330 g/mol. The molecule has 0 fully saturated rings. The number of rotatable bonds is 4. The number of methoxy groups -OCH3 is 1. The van der Waals surface area contributed by atoms with Crippen molar-refractivity contribution >= 4 is 45.8 Å². The maximum atomic E-state index is 11.4. The number of hydrogen-bond donors (Lipinski definition) is 1. The number of hydrogen-bond acceptors (Lipinski definition) is 4. The third-order valence-electron chi connectivity index (χ3n) is 2.88. The molecular formula is C14H16Cl2N2O3. The summed E-state index contributed by atoms with van der Waals surface area (Å²) >= 11 is 12.4. The van der Waals surface area contributed by atoms with Crippen molar-refractivity contribution in [1.29, 1.82) is 0 Å². The third-order valence-corrected chi connectivity index (χ3v) is 3.72. The first-order valence-electron chi connectivity index (χ1n) is 6.24. The van der Waals surface area contributed by atoms with Gasteiger partial charge in [0.15, 0.2) is 5.58 Å². The van der Waals surface area contributed by atoms with Gasteiger partial charge in [0.1, 0.15) is 21.6 Å². The van der Waals surface area contributed by atoms with E-state index in [0.717, 1.165) is 0 Å². The number of carbonyl (C=O) groups excluding carboxylic acids is 1. The van der Waals surface area contributed by atoms with Crippen LogP contribution in [0.15, 0.2) is 10.5 Å². The van der Waals surface area contributed by atoms with Crippen molar-refractivity contribution in [1.82, 2.24) is 4.90 Å². The van der Waals surface area contributed by atoms with Crippen molar-refractivity contribution in [2.24, 2.45) is 0 Å². The van der Waals surface area contributed by atoms with Crippen LogP contribution in [0.3, 0.4) is 0 Å². The van der Waals surface area contributed by atoms with Gasteiger partial charge in [-0.05, 0) is 20.2 Å². The highest BCUT2D eigenvalue weighted by Crippen LogP contribution is 2.43. The Bertz CT molecular complexity index is 695. The van der Waals surface area contributed by atoms with E-state index >= 15 is 0 Å². The van der Waals surface area contributed by atoms with Crippen LogP contribution in [0, 0.1) is 0 Å². The molecule has 2 aromatic rings. The number of fused-ring (bicyclic) bond motifs is 1. The number of amides is 1. The fraction of sp³-hybridized carbons (Fsp3) is 0.357. The highest BCUT2D eigenvalue weighted by Gasteiger charge is 2.22. The van der Waals surface area contributed by atoms with Gasteiger partial charge in [-0.15, -0.1) is 0 Å². The number of benzene rings is 1. The molecule has 1 aromatic heterocycles. The molecule has 0 radical (unpaired) electrons. The minimum atomic E-state index is -0.192. The van der Waals surface area contributed by atoms with Gasteiger partial charge in [-0.25, -0.2) is 0 Å². The van der Waals surface area contributed by atoms with Gasteiger partial charge in [0.05, 0.1) is 19.3 Å². The highest BCUT2D eigenvalue weighted by atomic mass is 35.5. The summed E-state index contributed by atoms with van der Waals surface area (Å²) in [5.41, 5.74) is 1.02. The molecule has 0 unspecified atom stereocenters. The van der Waals surface area contributed by atoms with Crippen molar-refractivity contribution in [2.75, 3.05) is 26.5 Å². The van der Waals surface area contributed by atoms with Crippen LogP contribution in [0.4, 0.5) is 5.69 Å². The molecule has 1 N–H and O–H groups in total. The van der Waals surface area contributed by atoms with Crippen LogP contribution in [-0.2, 0) is 11.3 Å². The summed E-state index contributed by atoms with van der Waals surface area (Å²) in [6.45, 7) is 1.95. The van der Waals surface area contributed by atoms with E-state index in [1.54, 1.807) is 6.07 Å². The predicted molar refractivity (Wildman–Crippen MR) is 84.5 cm³/mol. The Morgan fingerprint density at radius 2 is 2.05 bits per heavy atom. The van der Waals surface area contributed by atoms with Crippen molar-refractivity contribution in [3.8, 4) is 5.75 Å². The van der Waals surface area contributed by atoms with Gasteiger partial charge in [0.2, 0.25) is 5.91 Å². The largest absolute Gasteiger partial charge is 0.495 e. The molecule has 0 aliphatic rings. The summed E-state index contributed by atoms with van der Waals surface area (Å²) in [4.78, 5) is 13.4. The van der Waals surface area contributed by atoms with Gasteiger partial charge in [0.25, 0.3) is 0 Å². The molecule has 114 valence electrons. The summed E-state index contributed by atoms with van der Waals surface area (Å²) in [5.74, 6) is 0.845. The second-order valence-corrected chi connectivity index (χ2v) is 5.66. The maximum Gasteiger partial charge on any atom is 0.221 e. The molecule has 1 heterocycles. The maximum absolute atomic E-state index is 11.4. The lowest BCUT2D eigenvalue weighted by atomic mass is 10.2. The molecule has 1 amide bonds. The van der Waals surface area contributed by atoms with E-state index < -0.39 is 0 Å². The molecule has 0 atom stereocenters. The molecule has 0 saturated carbocycles. The van der Waals surface area contributed by atoms with Gasteiger partial charge >= 0.3 is 0 Å². The van der Waals surface area contributed by atoms with Crippen LogP contribution in [0.5, 0.6) is 5.75 Å². The summed E-state index contributed by atoms with van der Waals surface area (Å²) in [7, 11) is 5.31. The molecule has 21 heavy (non-hydrogen) atoms. The van der Waals surface area contributed by atoms with Crippen LogP contribution in [0.25, 0.3) is 11.0 Å². The molecule has 1 aromatic carbocycles. The minimum Gasteiger partial charge on any atom is -0.495 e. The number of nitrogens with zero attached hydrogens (tertiary/aromatic N) is 1. The lowest BCUT2D eigenvalue weighted by molar-refractivity contribution is -0.114. The number of anilines is 1. The van der Waals surface area contributed by atoms with Gasteiger partial charge in [-0.3, -0.25) is 4.79 Å². The quantitative estimate of drug-likeness (QED) is 0.927. The van der Waals surface area contributed by atoms with Gasteiger partial charge in [-0.2, -0.15) is 0 Å². The van der Waals surface area contributed by atoms with E-state index in [0.29, 0.717) is 34.7 Å². The number of carbonyl (C=O) groups is 1. The Kier molecular flexibility index (Phi) is 4.66. The van der Waals surface area contributed by atoms with Crippen LogP contribution >= 0.6 is 23.2 Å². The van der Waals surface area contributed by atoms with E-state index in [2.05, 4.69) is 5.32 Å². The van der Waals surface area contributed by atoms with E-state index in [1.807, 2.05) is 19.0 Å². The first-order valence-corrected chi connectivity index (χ1v) is 7.00. The molecular weight excluding hydrogens is 315 g/mol. The number of halogens is 2. The number of nitrogens with one attached hydrogen (secondary N) is 1. The molecule has 0 saturated heterocycles. The first-order chi connectivity index (χ1) is 9.85. The zero-order valence-electron chi connectivity index (χ0n) is 12.2. The average Bonchev–Trinajstić information content (AvgIpc) is 2.71. The van der Waals surface area contributed by atoms with E-state index in [-0.39, 0.29) is 16.0 Å². The molecule has 7 heteroatoms. The Balaban J connectivity index is 2.73. The molecule has 0 aliphatic carbocycles. The van der Waals surface area contributed by atoms with Crippen molar-refractivity contribution in [3.05, 3.63) is 21.9 Å². The Hall–Kier alpha value is -1.43. The summed E-state index contributed by atoms with van der Waals surface area (Å²) in [6, 6.07) is 1.71. The van der Waals surface area contributed by atoms with Crippen LogP contribution in [0.2, 0.25) is 10.0 Å². The fourth-order valence-electron chi connectivity index (χ4n) is 2.06. The lowest BCUT2D eigenvalue weighted by Gasteiger charge is -2.09. The SMILES string of the molecule is COc1cc2c(NC(C)=O)c(CN(C)C)oc2c(Cl)c1Cl. The van der Waals surface area contributed by atoms with Crippen molar-refractivity contribution in [3.63, 3.8) is 0 Å². The standard InChI is InChI=1S/C14H16Cl2N2O3/c1-7(19)17-13-8-5-9(20-4)11(15)12(16)14(8)21-10(13)6-18(2)3/h5H,6H2,1-4H3,(H,17,19). The summed E-state index contributed by atoms with van der Waals surface area (Å²) in [5, 5.41) is 3.99. The number of ether oxygens (including phenoxy) is 1. The first kappa shape index (κ1) is 15.9. The minimum absolute atomic E-state index is 0.192. The van der Waals surface area contributed by atoms with Gasteiger partial charge in [-0.1, -0.05) is 23.2 Å². The Morgan fingerprint density at radius 3 is 2.57 bits per heavy atom. The average molecular weight is 331 g/mol. The second kappa shape index (κ2) is 6.13. The normalized spacial score (nSPS) is 11.2. The van der Waals surface area contributed by atoms with Gasteiger partial charge < -0.3 is 19.4 Å². The van der Waals surface area contributed by atoms with Crippen LogP contribution < -0.4 is 10.1 Å². The molecule has 5 nitrogen and oxygen atoms in total. The van der Waals surface area contributed by atoms with E-state index in [9.17, 15) is 4.79 Å². The Labute approximate surface area is 132 Å². The van der Waals surface area contributed by atoms with Gasteiger partial charge in [0, 0.05) is 12.3 Å². The zero-order chi connectivity index (χ0) is 15.7. The van der Waals surface area contributed by atoms with E-state index in [4.69, 9.17) is 32.4 Å². The molecule has 0 bridgehead atoms. The molecule has 2 rings (SSSR count). The Morgan fingerprint density at radius 1 is 1.38 bits per heavy atom. The number of furan rings is 1. The van der Waals surface area contributed by atoms with Crippen molar-refractivity contribution in [2.45, 2.75) is 13.5 Å². The van der Waals surface area contributed by atoms with E-state index in [1.165, 1.54) is 14.0 Å². The third kappa shape index (κ3) is 3.10. The van der Waals surface area contributed by atoms with Crippen molar-refractivity contribution < 1.29 is 13.9 Å². The fourth-order valence-corrected chi connectivity index (χ4v) is 2.51. The molecule has 0 spiro atoms. The predicted octanol–water partition coefficient (Wildman–Crippen LogP) is 3.77. The van der Waals surface area contributed by atoms with Crippen LogP contribution in [-0.4, -0.2) is 32.0 Å². The smallest absolute Gasteiger partial charge is 0.221 e. The van der Waals surface area contributed by atoms with Crippen LogP contribution in [0.1, 0.15) is 12.7 Å². The second-order valence-electron chi connectivity index (χ2n) is 4.90. The lowest BCUT2D eigenvalue weighted by Crippen LogP contribution is -2.13. The summed E-state index contributed by atoms with van der Waals surface area (Å²) in [6.07, 6.45) is 0. The summed E-state index contributed by atoms with van der Waals surface area (Å²) < 4.78 is 11.0. The highest BCUT2D eigenvalue weighted by molar-refractivity contribution is 6.46. The topological polar surface area (TPSA) is 54.7 Å². The molecule has 0 aliphatic heterocycles. The zero-order valence-corrected chi connectivity index (χ0v) is 13.7.